The summed E-state index contributed by atoms with van der Waals surface area (Å²) < 4.78 is 208. The molecule has 52 heavy (non-hydrogen) atoms. The number of ether oxygens (including phenoxy) is 1. The van der Waals surface area contributed by atoms with Crippen molar-refractivity contribution in [3.63, 3.8) is 0 Å². The predicted octanol–water partition coefficient (Wildman–Crippen LogP) is 8.40. The number of benzene rings is 4. The number of para-hydroxylation sites is 1. The monoisotopic (exact) mass is 750 g/mol. The van der Waals surface area contributed by atoms with Gasteiger partial charge in [0, 0.05) is 78.3 Å². The molecule has 6 rings (SSSR count). The fraction of sp³-hybridized carbons (Fsp3) is 0.300. The summed E-state index contributed by atoms with van der Waals surface area (Å²) in [6, 6.07) is 13.9. The number of aromatic nitrogens is 1. The Kier molecular flexibility index (Phi) is 7.12. The largest absolute Gasteiger partial charge is 0.416 e. The van der Waals surface area contributed by atoms with E-state index in [0.717, 1.165) is 53.1 Å². The van der Waals surface area contributed by atoms with Gasteiger partial charge in [0.05, 0.1) is 26.8 Å². The number of likely N-dealkylation sites (tertiary alicyclic amines) is 1. The minimum absolute atomic E-state index is 0.0888. The van der Waals surface area contributed by atoms with Gasteiger partial charge in [-0.1, -0.05) is 60.7 Å². The van der Waals surface area contributed by atoms with Gasteiger partial charge in [-0.2, -0.15) is 13.2 Å². The van der Waals surface area contributed by atoms with Gasteiger partial charge in [-0.3, -0.25) is 9.59 Å². The van der Waals surface area contributed by atoms with Gasteiger partial charge < -0.3 is 19.1 Å². The van der Waals surface area contributed by atoms with Crippen LogP contribution < -0.4 is 5.43 Å². The molecule has 1 aliphatic rings. The molecule has 0 saturated carbocycles. The van der Waals surface area contributed by atoms with Crippen molar-refractivity contribution >= 4 is 28.6 Å². The Bertz CT molecular complexity index is 2730. The molecule has 2 heterocycles. The molecule has 12 heteroatoms. The van der Waals surface area contributed by atoms with E-state index in [-0.39, 0.29) is 38.7 Å². The van der Waals surface area contributed by atoms with Crippen molar-refractivity contribution in [2.45, 2.75) is 48.8 Å². The van der Waals surface area contributed by atoms with E-state index in [1.807, 2.05) is 0 Å². The lowest BCUT2D eigenvalue weighted by Crippen LogP contribution is -2.48. The SMILES string of the molecule is [2H]C([2H])(Sc1cc(=O)c2ccccc2n1CC(=O)N(Cc1ccc(-c2ccc(C(F)(F)F)cc2)cc1)C1([2H])C([2H])([2H])C([2H])([2H])N(C([2H])([2H])C([2H])([2H])OC)C([2H])([2H])C1([2H])[2H])c1cccc(F)c1F. The summed E-state index contributed by atoms with van der Waals surface area (Å²) in [7, 11) is 0.627. The lowest BCUT2D eigenvalue weighted by Gasteiger charge is -2.39. The van der Waals surface area contributed by atoms with E-state index in [0.29, 0.717) is 12.7 Å². The maximum absolute atomic E-state index is 15.2. The highest BCUT2D eigenvalue weighted by molar-refractivity contribution is 7.98. The first-order chi connectivity index (χ1) is 30.6. The van der Waals surface area contributed by atoms with Gasteiger partial charge in [0.2, 0.25) is 5.91 Å². The summed E-state index contributed by atoms with van der Waals surface area (Å²) in [4.78, 5) is 28.0. The van der Waals surface area contributed by atoms with Crippen molar-refractivity contribution in [2.75, 3.05) is 33.2 Å². The van der Waals surface area contributed by atoms with Crippen LogP contribution in [0.15, 0.2) is 107 Å². The van der Waals surface area contributed by atoms with Crippen molar-refractivity contribution in [3.05, 3.63) is 136 Å². The highest BCUT2D eigenvalue weighted by atomic mass is 32.2. The normalized spacial score (nSPS) is 23.8. The second-order valence-electron chi connectivity index (χ2n) is 11.1. The number of carbonyl (C=O) groups excluding carboxylic acids is 1. The van der Waals surface area contributed by atoms with Crippen LogP contribution in [0.1, 0.15) is 50.0 Å². The highest BCUT2D eigenvalue weighted by Gasteiger charge is 2.31. The molecule has 1 aliphatic heterocycles. The van der Waals surface area contributed by atoms with Gasteiger partial charge in [0.15, 0.2) is 17.1 Å². The lowest BCUT2D eigenvalue weighted by molar-refractivity contribution is -0.137. The fourth-order valence-electron chi connectivity index (χ4n) is 5.15. The van der Waals surface area contributed by atoms with E-state index in [1.165, 1.54) is 48.5 Å². The number of methoxy groups -OCH3 is 1. The van der Waals surface area contributed by atoms with Crippen molar-refractivity contribution in [1.29, 1.82) is 0 Å². The van der Waals surface area contributed by atoms with Crippen LogP contribution in [0.5, 0.6) is 0 Å². The molecule has 6 nitrogen and oxygen atoms in total. The molecule has 4 aromatic carbocycles. The average Bonchev–Trinajstić information content (AvgIpc) is 3.23. The average molecular weight is 751 g/mol. The first kappa shape index (κ1) is 22.5. The maximum atomic E-state index is 15.2. The van der Waals surface area contributed by atoms with Crippen molar-refractivity contribution in [3.8, 4) is 11.1 Å². The van der Waals surface area contributed by atoms with E-state index in [2.05, 4.69) is 4.74 Å². The Balaban J connectivity index is 1.56. The topological polar surface area (TPSA) is 54.8 Å². The smallest absolute Gasteiger partial charge is 0.383 e. The van der Waals surface area contributed by atoms with Gasteiger partial charge in [-0.15, -0.1) is 11.8 Å². The summed E-state index contributed by atoms with van der Waals surface area (Å²) in [5.41, 5.74) is -5.10. The van der Waals surface area contributed by atoms with E-state index in [9.17, 15) is 29.2 Å². The zero-order valence-electron chi connectivity index (χ0n) is 42.0. The molecule has 0 atom stereocenters. The highest BCUT2D eigenvalue weighted by Crippen LogP contribution is 2.32. The van der Waals surface area contributed by atoms with E-state index >= 15 is 9.18 Å². The van der Waals surface area contributed by atoms with E-state index < -0.39 is 114 Å². The zero-order valence-corrected chi connectivity index (χ0v) is 27.8. The fourth-order valence-corrected chi connectivity index (χ4v) is 5.96. The number of amides is 1. The first-order valence-corrected chi connectivity index (χ1v) is 16.1. The molecule has 0 spiro atoms. The third-order valence-corrected chi connectivity index (χ3v) is 8.60. The molecular formula is C40H38F5N3O3S. The number of carbonyl (C=O) groups is 1. The number of hydrogen-bond acceptors (Lipinski definition) is 5. The number of hydrogen-bond donors (Lipinski definition) is 0. The number of halogens is 5. The summed E-state index contributed by atoms with van der Waals surface area (Å²) in [6.07, 6.45) is -13.2. The molecule has 0 N–H and O–H groups in total. The summed E-state index contributed by atoms with van der Waals surface area (Å²) >= 11 is 0.124. The van der Waals surface area contributed by atoms with Gasteiger partial charge in [-0.25, -0.2) is 8.78 Å². The van der Waals surface area contributed by atoms with Crippen molar-refractivity contribution in [1.82, 2.24) is 14.4 Å². The molecule has 1 amide bonds. The number of piperidine rings is 1. The quantitative estimate of drug-likeness (QED) is 0.0948. The van der Waals surface area contributed by atoms with Crippen molar-refractivity contribution < 1.29 is 52.0 Å². The second-order valence-corrected chi connectivity index (χ2v) is 11.9. The Morgan fingerprint density at radius 1 is 0.981 bits per heavy atom. The van der Waals surface area contributed by atoms with Crippen molar-refractivity contribution in [2.24, 2.45) is 0 Å². The lowest BCUT2D eigenvalue weighted by atomic mass is 10.00. The molecule has 0 unspecified atom stereocenters. The van der Waals surface area contributed by atoms with Crippen LogP contribution in [0.2, 0.25) is 0 Å². The first-order valence-electron chi connectivity index (χ1n) is 22.8. The summed E-state index contributed by atoms with van der Waals surface area (Å²) in [5, 5.41) is -0.559. The standard InChI is InChI=1S/C40H38F5N3O3S/c1-51-22-21-46-19-17-32(18-20-46)47(24-27-9-11-28(12-10-27)29-13-15-31(16-14-29)40(43,44)45)37(50)25-48-35-8-3-2-6-33(35)36(49)23-38(48)52-26-30-5-4-7-34(41)39(30)42/h2-16,23,32H,17-22,24-26H2,1H3/i17D2,18D2,19D2,20D2,21D2,22D2,26D2,32D. The van der Waals surface area contributed by atoms with Crippen LogP contribution in [0, 0.1) is 11.6 Å². The molecule has 1 saturated heterocycles. The minimum Gasteiger partial charge on any atom is -0.383 e. The summed E-state index contributed by atoms with van der Waals surface area (Å²) in [5.74, 6) is -4.53. The Hall–Kier alpha value is -4.52. The third kappa shape index (κ3) is 8.74. The van der Waals surface area contributed by atoms with Gasteiger partial charge in [0.1, 0.15) is 6.54 Å². The summed E-state index contributed by atoms with van der Waals surface area (Å²) in [6.45, 7) is -18.5. The second kappa shape index (κ2) is 16.4. The molecule has 0 aliphatic carbocycles. The number of thioether (sulfide) groups is 1. The van der Waals surface area contributed by atoms with Gasteiger partial charge >= 0.3 is 6.18 Å². The maximum Gasteiger partial charge on any atom is 0.416 e. The van der Waals surface area contributed by atoms with Crippen LogP contribution in [0.4, 0.5) is 22.0 Å². The van der Waals surface area contributed by atoms with Crippen LogP contribution in [-0.4, -0.2) is 59.5 Å². The molecule has 5 aromatic rings. The molecule has 0 radical (unpaired) electrons. The van der Waals surface area contributed by atoms with Gasteiger partial charge in [0.25, 0.3) is 0 Å². The Morgan fingerprint density at radius 2 is 1.65 bits per heavy atom. The van der Waals surface area contributed by atoms with E-state index in [1.54, 1.807) is 0 Å². The number of alkyl halides is 3. The molecule has 272 valence electrons. The Labute approximate surface area is 323 Å². The van der Waals surface area contributed by atoms with Crippen LogP contribution >= 0.6 is 11.8 Å². The van der Waals surface area contributed by atoms with Gasteiger partial charge in [-0.05, 0) is 59.8 Å². The number of pyridine rings is 1. The minimum atomic E-state index is -4.65. The molecule has 1 aromatic heterocycles. The van der Waals surface area contributed by atoms with Crippen LogP contribution in [0.3, 0.4) is 0 Å². The number of nitrogens with zero attached hydrogens (tertiary/aromatic N) is 3. The number of fused-ring (bicyclic) bond motifs is 1. The van der Waals surface area contributed by atoms with Crippen LogP contribution in [-0.2, 0) is 34.5 Å². The number of rotatable bonds is 12. The zero-order chi connectivity index (χ0) is 50.3. The molecular weight excluding hydrogens is 698 g/mol. The molecule has 0 bridgehead atoms. The predicted molar refractivity (Wildman–Crippen MR) is 193 cm³/mol. The van der Waals surface area contributed by atoms with E-state index in [4.69, 9.17) is 13.7 Å². The van der Waals surface area contributed by atoms with Crippen LogP contribution in [0.25, 0.3) is 22.0 Å². The Morgan fingerprint density at radius 3 is 2.33 bits per heavy atom. The third-order valence-electron chi connectivity index (χ3n) is 7.73. The molecule has 1 fully saturated rings.